The van der Waals surface area contributed by atoms with Crippen molar-refractivity contribution < 1.29 is 4.74 Å². The fourth-order valence-corrected chi connectivity index (χ4v) is 2.96. The summed E-state index contributed by atoms with van der Waals surface area (Å²) in [5.74, 6) is 2.39. The molecule has 3 rings (SSSR count). The van der Waals surface area contributed by atoms with E-state index < -0.39 is 0 Å². The van der Waals surface area contributed by atoms with Crippen molar-refractivity contribution in [2.45, 2.75) is 31.7 Å². The van der Waals surface area contributed by atoms with Crippen molar-refractivity contribution in [1.82, 2.24) is 15.3 Å². The van der Waals surface area contributed by atoms with Crippen LogP contribution in [-0.2, 0) is 0 Å². The van der Waals surface area contributed by atoms with Crippen molar-refractivity contribution in [3.05, 3.63) is 54.1 Å². The van der Waals surface area contributed by atoms with Crippen LogP contribution in [0, 0.1) is 0 Å². The Kier molecular flexibility index (Phi) is 4.46. The summed E-state index contributed by atoms with van der Waals surface area (Å²) < 4.78 is 5.75. The first kappa shape index (κ1) is 14.0. The predicted molar refractivity (Wildman–Crippen MR) is 82.4 cm³/mol. The number of hydrogen-bond donors (Lipinski definition) is 1. The fraction of sp³-hybridized carbons (Fsp3) is 0.412. The Hall–Kier alpha value is -1.94. The highest BCUT2D eigenvalue weighted by Crippen LogP contribution is 2.38. The molecule has 0 amide bonds. The van der Waals surface area contributed by atoms with Crippen LogP contribution in [0.1, 0.15) is 43.1 Å². The first-order valence-corrected chi connectivity index (χ1v) is 7.60. The lowest BCUT2D eigenvalue weighted by Gasteiger charge is -2.28. The third-order valence-electron chi connectivity index (χ3n) is 3.95. The molecule has 0 bridgehead atoms. The predicted octanol–water partition coefficient (Wildman–Crippen LogP) is 3.08. The molecule has 2 atom stereocenters. The van der Waals surface area contributed by atoms with E-state index in [1.54, 1.807) is 0 Å². The second-order valence-electron chi connectivity index (χ2n) is 5.32. The Morgan fingerprint density at radius 1 is 1.24 bits per heavy atom. The van der Waals surface area contributed by atoms with Crippen LogP contribution in [0.3, 0.4) is 0 Å². The molecule has 4 nitrogen and oxygen atoms in total. The topological polar surface area (TPSA) is 47.0 Å². The molecule has 110 valence electrons. The van der Waals surface area contributed by atoms with Crippen molar-refractivity contribution in [3.8, 4) is 5.75 Å². The molecule has 0 saturated heterocycles. The summed E-state index contributed by atoms with van der Waals surface area (Å²) in [5.41, 5.74) is 1.31. The van der Waals surface area contributed by atoms with Crippen molar-refractivity contribution in [2.75, 3.05) is 13.2 Å². The first-order valence-electron chi connectivity index (χ1n) is 7.60. The maximum Gasteiger partial charge on any atom is 0.145 e. The van der Waals surface area contributed by atoms with Gasteiger partial charge in [0.15, 0.2) is 0 Å². The van der Waals surface area contributed by atoms with Crippen LogP contribution < -0.4 is 10.1 Å². The molecule has 1 aliphatic heterocycles. The molecule has 2 heterocycles. The standard InChI is InChI=1S/C17H21N3O/c1-2-18-15(17-19-9-5-10-20-17)12-13-8-11-21-16-7-4-3-6-14(13)16/h3-7,9-10,13,15,18H,2,8,11-12H2,1H3. The minimum Gasteiger partial charge on any atom is -0.493 e. The number of fused-ring (bicyclic) bond motifs is 1. The van der Waals surface area contributed by atoms with Crippen LogP contribution in [-0.4, -0.2) is 23.1 Å². The molecule has 4 heteroatoms. The van der Waals surface area contributed by atoms with E-state index in [1.165, 1.54) is 5.56 Å². The number of rotatable bonds is 5. The second kappa shape index (κ2) is 6.68. The number of nitrogens with one attached hydrogen (secondary N) is 1. The number of aromatic nitrogens is 2. The minimum atomic E-state index is 0.187. The van der Waals surface area contributed by atoms with Crippen LogP contribution in [0.5, 0.6) is 5.75 Å². The molecule has 0 radical (unpaired) electrons. The summed E-state index contributed by atoms with van der Waals surface area (Å²) in [6, 6.07) is 10.4. The molecule has 1 aliphatic rings. The van der Waals surface area contributed by atoms with Crippen molar-refractivity contribution in [3.63, 3.8) is 0 Å². The zero-order valence-electron chi connectivity index (χ0n) is 12.3. The zero-order chi connectivity index (χ0) is 14.5. The number of hydrogen-bond acceptors (Lipinski definition) is 4. The number of ether oxygens (including phenoxy) is 1. The van der Waals surface area contributed by atoms with Gasteiger partial charge >= 0.3 is 0 Å². The van der Waals surface area contributed by atoms with Crippen LogP contribution in [0.15, 0.2) is 42.7 Å². The van der Waals surface area contributed by atoms with Gasteiger partial charge in [-0.3, -0.25) is 0 Å². The largest absolute Gasteiger partial charge is 0.493 e. The van der Waals surface area contributed by atoms with E-state index >= 15 is 0 Å². The molecule has 0 aliphatic carbocycles. The van der Waals surface area contributed by atoms with Crippen LogP contribution in [0.4, 0.5) is 0 Å². The van der Waals surface area contributed by atoms with Gasteiger partial charge in [-0.15, -0.1) is 0 Å². The Morgan fingerprint density at radius 3 is 2.86 bits per heavy atom. The summed E-state index contributed by atoms with van der Waals surface area (Å²) in [4.78, 5) is 8.83. The van der Waals surface area contributed by atoms with Gasteiger partial charge in [0.05, 0.1) is 12.6 Å². The van der Waals surface area contributed by atoms with Crippen molar-refractivity contribution in [1.29, 1.82) is 0 Å². The Morgan fingerprint density at radius 2 is 2.05 bits per heavy atom. The average molecular weight is 283 g/mol. The smallest absolute Gasteiger partial charge is 0.145 e. The van der Waals surface area contributed by atoms with E-state index in [2.05, 4.69) is 40.4 Å². The van der Waals surface area contributed by atoms with Crippen molar-refractivity contribution in [2.24, 2.45) is 0 Å². The molecule has 0 fully saturated rings. The van der Waals surface area contributed by atoms with E-state index in [0.717, 1.165) is 37.6 Å². The Bertz CT molecular complexity index is 573. The summed E-state index contributed by atoms with van der Waals surface area (Å²) in [6.07, 6.45) is 5.67. The number of nitrogens with zero attached hydrogens (tertiary/aromatic N) is 2. The highest BCUT2D eigenvalue weighted by Gasteiger charge is 2.25. The lowest BCUT2D eigenvalue weighted by Crippen LogP contribution is -2.26. The third-order valence-corrected chi connectivity index (χ3v) is 3.95. The van der Waals surface area contributed by atoms with Gasteiger partial charge in [0.25, 0.3) is 0 Å². The molecule has 0 saturated carbocycles. The lowest BCUT2D eigenvalue weighted by atomic mass is 9.87. The van der Waals surface area contributed by atoms with Gasteiger partial charge in [-0.25, -0.2) is 9.97 Å². The summed E-state index contributed by atoms with van der Waals surface area (Å²) in [7, 11) is 0. The number of para-hydroxylation sites is 1. The molecule has 0 spiro atoms. The maximum atomic E-state index is 5.75. The third kappa shape index (κ3) is 3.22. The van der Waals surface area contributed by atoms with Gasteiger partial charge in [0, 0.05) is 12.4 Å². The molecule has 1 N–H and O–H groups in total. The van der Waals surface area contributed by atoms with Crippen LogP contribution in [0.25, 0.3) is 0 Å². The first-order chi connectivity index (χ1) is 10.4. The van der Waals surface area contributed by atoms with E-state index in [0.29, 0.717) is 5.92 Å². The van der Waals surface area contributed by atoms with Gasteiger partial charge in [-0.2, -0.15) is 0 Å². The van der Waals surface area contributed by atoms with E-state index in [1.807, 2.05) is 24.5 Å². The SMILES string of the molecule is CCNC(CC1CCOc2ccccc21)c1ncccn1. The highest BCUT2D eigenvalue weighted by atomic mass is 16.5. The average Bonchev–Trinajstić information content (AvgIpc) is 2.55. The van der Waals surface area contributed by atoms with Gasteiger partial charge in [0.1, 0.15) is 11.6 Å². The second-order valence-corrected chi connectivity index (χ2v) is 5.32. The minimum absolute atomic E-state index is 0.187. The highest BCUT2D eigenvalue weighted by molar-refractivity contribution is 5.37. The summed E-state index contributed by atoms with van der Waals surface area (Å²) in [5, 5.41) is 3.51. The van der Waals surface area contributed by atoms with Crippen LogP contribution in [0.2, 0.25) is 0 Å². The van der Waals surface area contributed by atoms with Crippen molar-refractivity contribution >= 4 is 0 Å². The molecule has 2 aromatic rings. The summed E-state index contributed by atoms with van der Waals surface area (Å²) >= 11 is 0. The maximum absolute atomic E-state index is 5.75. The molecule has 21 heavy (non-hydrogen) atoms. The van der Waals surface area contributed by atoms with E-state index in [9.17, 15) is 0 Å². The van der Waals surface area contributed by atoms with Gasteiger partial charge < -0.3 is 10.1 Å². The van der Waals surface area contributed by atoms with E-state index in [4.69, 9.17) is 4.74 Å². The molecule has 2 unspecified atom stereocenters. The zero-order valence-corrected chi connectivity index (χ0v) is 12.3. The lowest BCUT2D eigenvalue weighted by molar-refractivity contribution is 0.254. The monoisotopic (exact) mass is 283 g/mol. The fourth-order valence-electron chi connectivity index (χ4n) is 2.96. The van der Waals surface area contributed by atoms with Crippen LogP contribution >= 0.6 is 0 Å². The van der Waals surface area contributed by atoms with E-state index in [-0.39, 0.29) is 6.04 Å². The number of benzene rings is 1. The molecule has 1 aromatic heterocycles. The molecular weight excluding hydrogens is 262 g/mol. The molecular formula is C17H21N3O. The van der Waals surface area contributed by atoms with Gasteiger partial charge in [0.2, 0.25) is 0 Å². The Balaban J connectivity index is 1.81. The normalized spacial score (nSPS) is 18.6. The quantitative estimate of drug-likeness (QED) is 0.916. The van der Waals surface area contributed by atoms with Gasteiger partial charge in [-0.05, 0) is 43.0 Å². The van der Waals surface area contributed by atoms with Gasteiger partial charge in [-0.1, -0.05) is 25.1 Å². The Labute approximate surface area is 125 Å². The summed E-state index contributed by atoms with van der Waals surface area (Å²) in [6.45, 7) is 3.82. The molecule has 1 aromatic carbocycles.